The first-order valence-electron chi connectivity index (χ1n) is 7.28. The van der Waals surface area contributed by atoms with Crippen molar-refractivity contribution < 1.29 is 5.11 Å². The summed E-state index contributed by atoms with van der Waals surface area (Å²) in [5.74, 6) is 0. The van der Waals surface area contributed by atoms with Crippen molar-refractivity contribution in [2.75, 3.05) is 26.7 Å². The molecule has 0 aliphatic carbocycles. The van der Waals surface area contributed by atoms with Crippen molar-refractivity contribution in [1.82, 2.24) is 10.2 Å². The maximum Gasteiger partial charge on any atom is 0.0718 e. The van der Waals surface area contributed by atoms with Crippen molar-refractivity contribution >= 4 is 0 Å². The number of aliphatic hydroxyl groups is 1. The molecule has 0 unspecified atom stereocenters. The third kappa shape index (κ3) is 7.34. The largest absolute Gasteiger partial charge is 0.389 e. The fourth-order valence-electron chi connectivity index (χ4n) is 2.49. The molecule has 0 amide bonds. The molecule has 0 aromatic heterocycles. The highest BCUT2D eigenvalue weighted by Crippen LogP contribution is 2.27. The van der Waals surface area contributed by atoms with E-state index in [1.54, 1.807) is 0 Å². The van der Waals surface area contributed by atoms with Crippen molar-refractivity contribution in [2.24, 2.45) is 5.41 Å². The first-order valence-corrected chi connectivity index (χ1v) is 7.28. The van der Waals surface area contributed by atoms with Crippen LogP contribution in [0.3, 0.4) is 0 Å². The van der Waals surface area contributed by atoms with E-state index < -0.39 is 5.60 Å². The summed E-state index contributed by atoms with van der Waals surface area (Å²) in [5, 5.41) is 13.5. The van der Waals surface area contributed by atoms with E-state index in [2.05, 4.69) is 45.0 Å². The number of likely N-dealkylation sites (N-methyl/N-ethyl adjacent to an activating group) is 1. The van der Waals surface area contributed by atoms with Crippen LogP contribution in [0, 0.1) is 5.41 Å². The van der Waals surface area contributed by atoms with Crippen LogP contribution in [-0.2, 0) is 0 Å². The second-order valence-electron chi connectivity index (χ2n) is 6.73. The van der Waals surface area contributed by atoms with Crippen LogP contribution in [-0.4, -0.2) is 48.3 Å². The van der Waals surface area contributed by atoms with E-state index in [-0.39, 0.29) is 0 Å². The summed E-state index contributed by atoms with van der Waals surface area (Å²) in [6.45, 7) is 15.5. The molecule has 0 rings (SSSR count). The first kappa shape index (κ1) is 17.9. The SMILES string of the molecule is CCC(CC)(CNC(C)C)CN(C)CC(C)(C)O. The average Bonchev–Trinajstić information content (AvgIpc) is 2.21. The van der Waals surface area contributed by atoms with Crippen LogP contribution in [0.15, 0.2) is 0 Å². The molecule has 0 spiro atoms. The Balaban J connectivity index is 4.49. The molecule has 0 radical (unpaired) electrons. The zero-order chi connectivity index (χ0) is 14.4. The molecule has 110 valence electrons. The predicted octanol–water partition coefficient (Wildman–Crippen LogP) is 2.49. The van der Waals surface area contributed by atoms with Gasteiger partial charge in [-0.2, -0.15) is 0 Å². The van der Waals surface area contributed by atoms with Crippen LogP contribution in [0.2, 0.25) is 0 Å². The number of hydrogen-bond donors (Lipinski definition) is 2. The first-order chi connectivity index (χ1) is 8.14. The Labute approximate surface area is 114 Å². The topological polar surface area (TPSA) is 35.5 Å². The average molecular weight is 258 g/mol. The molecule has 0 saturated carbocycles. The van der Waals surface area contributed by atoms with Crippen molar-refractivity contribution in [1.29, 1.82) is 0 Å². The molecule has 0 aromatic carbocycles. The zero-order valence-corrected chi connectivity index (χ0v) is 13.5. The summed E-state index contributed by atoms with van der Waals surface area (Å²) in [5.41, 5.74) is -0.308. The Kier molecular flexibility index (Phi) is 7.41. The molecule has 2 N–H and O–H groups in total. The minimum Gasteiger partial charge on any atom is -0.389 e. The Hall–Kier alpha value is -0.120. The van der Waals surface area contributed by atoms with Gasteiger partial charge in [-0.15, -0.1) is 0 Å². The maximum atomic E-state index is 9.89. The summed E-state index contributed by atoms with van der Waals surface area (Å²) < 4.78 is 0. The van der Waals surface area contributed by atoms with Crippen LogP contribution in [0.4, 0.5) is 0 Å². The predicted molar refractivity (Wildman–Crippen MR) is 79.9 cm³/mol. The lowest BCUT2D eigenvalue weighted by molar-refractivity contribution is 0.0280. The van der Waals surface area contributed by atoms with Gasteiger partial charge in [0.1, 0.15) is 0 Å². The van der Waals surface area contributed by atoms with E-state index in [0.717, 1.165) is 19.6 Å². The molecule has 18 heavy (non-hydrogen) atoms. The van der Waals surface area contributed by atoms with Gasteiger partial charge in [0.25, 0.3) is 0 Å². The number of nitrogens with zero attached hydrogens (tertiary/aromatic N) is 1. The molecule has 0 bridgehead atoms. The molecule has 3 nitrogen and oxygen atoms in total. The number of nitrogens with one attached hydrogen (secondary N) is 1. The summed E-state index contributed by atoms with van der Waals surface area (Å²) in [6, 6.07) is 0.530. The molecule has 0 saturated heterocycles. The van der Waals surface area contributed by atoms with Crippen LogP contribution in [0.1, 0.15) is 54.4 Å². The van der Waals surface area contributed by atoms with Gasteiger partial charge >= 0.3 is 0 Å². The van der Waals surface area contributed by atoms with Gasteiger partial charge in [-0.1, -0.05) is 27.7 Å². The molecule has 0 heterocycles. The van der Waals surface area contributed by atoms with Gasteiger partial charge in [0.2, 0.25) is 0 Å². The summed E-state index contributed by atoms with van der Waals surface area (Å²) in [4.78, 5) is 2.26. The molecule has 0 aliphatic heterocycles. The highest BCUT2D eigenvalue weighted by atomic mass is 16.3. The van der Waals surface area contributed by atoms with Gasteiger partial charge in [-0.25, -0.2) is 0 Å². The minimum atomic E-state index is -0.618. The van der Waals surface area contributed by atoms with Gasteiger partial charge in [0.05, 0.1) is 5.60 Å². The summed E-state index contributed by atoms with van der Waals surface area (Å²) in [6.07, 6.45) is 2.33. The summed E-state index contributed by atoms with van der Waals surface area (Å²) in [7, 11) is 2.10. The van der Waals surface area contributed by atoms with Crippen LogP contribution < -0.4 is 5.32 Å². The third-order valence-electron chi connectivity index (χ3n) is 3.65. The van der Waals surface area contributed by atoms with Crippen molar-refractivity contribution in [3.63, 3.8) is 0 Å². The van der Waals surface area contributed by atoms with Crippen molar-refractivity contribution in [2.45, 2.75) is 66.0 Å². The Morgan fingerprint density at radius 3 is 1.94 bits per heavy atom. The molecular formula is C15H34N2O. The zero-order valence-electron chi connectivity index (χ0n) is 13.5. The van der Waals surface area contributed by atoms with E-state index in [1.165, 1.54) is 12.8 Å². The van der Waals surface area contributed by atoms with Gasteiger partial charge in [-0.05, 0) is 39.2 Å². The van der Waals surface area contributed by atoms with Crippen molar-refractivity contribution in [3.05, 3.63) is 0 Å². The third-order valence-corrected chi connectivity index (χ3v) is 3.65. The Morgan fingerprint density at radius 2 is 1.61 bits per heavy atom. The molecule has 0 atom stereocenters. The molecule has 0 aliphatic rings. The quantitative estimate of drug-likeness (QED) is 0.667. The maximum absolute atomic E-state index is 9.89. The van der Waals surface area contributed by atoms with Gasteiger partial charge in [-0.3, -0.25) is 0 Å². The smallest absolute Gasteiger partial charge is 0.0718 e. The van der Waals surface area contributed by atoms with Gasteiger partial charge in [0.15, 0.2) is 0 Å². The second-order valence-corrected chi connectivity index (χ2v) is 6.73. The van der Waals surface area contributed by atoms with Crippen LogP contribution in [0.25, 0.3) is 0 Å². The van der Waals surface area contributed by atoms with Crippen molar-refractivity contribution in [3.8, 4) is 0 Å². The Morgan fingerprint density at radius 1 is 1.11 bits per heavy atom. The Bertz CT molecular complexity index is 217. The fraction of sp³-hybridized carbons (Fsp3) is 1.00. The monoisotopic (exact) mass is 258 g/mol. The second kappa shape index (κ2) is 7.46. The lowest BCUT2D eigenvalue weighted by Crippen LogP contribution is -2.47. The number of hydrogen-bond acceptors (Lipinski definition) is 3. The normalized spacial score (nSPS) is 13.7. The van der Waals surface area contributed by atoms with E-state index in [0.29, 0.717) is 11.5 Å². The minimum absolute atomic E-state index is 0.310. The van der Waals surface area contributed by atoms with E-state index in [9.17, 15) is 5.11 Å². The number of rotatable bonds is 9. The van der Waals surface area contributed by atoms with Gasteiger partial charge < -0.3 is 15.3 Å². The molecule has 0 fully saturated rings. The molecular weight excluding hydrogens is 224 g/mol. The highest BCUT2D eigenvalue weighted by molar-refractivity contribution is 4.84. The van der Waals surface area contributed by atoms with E-state index in [1.807, 2.05) is 13.8 Å². The lowest BCUT2D eigenvalue weighted by Gasteiger charge is -2.38. The van der Waals surface area contributed by atoms with Gasteiger partial charge in [0, 0.05) is 25.7 Å². The van der Waals surface area contributed by atoms with Crippen LogP contribution >= 0.6 is 0 Å². The fourth-order valence-corrected chi connectivity index (χ4v) is 2.49. The van der Waals surface area contributed by atoms with E-state index >= 15 is 0 Å². The van der Waals surface area contributed by atoms with Crippen LogP contribution in [0.5, 0.6) is 0 Å². The highest BCUT2D eigenvalue weighted by Gasteiger charge is 2.29. The summed E-state index contributed by atoms with van der Waals surface area (Å²) >= 11 is 0. The lowest BCUT2D eigenvalue weighted by atomic mass is 9.81. The van der Waals surface area contributed by atoms with E-state index in [4.69, 9.17) is 0 Å². The standard InChI is InChI=1S/C15H34N2O/c1-8-15(9-2,10-16-13(3)4)12-17(7)11-14(5,6)18/h13,16,18H,8-12H2,1-7H3. The molecule has 3 heteroatoms. The molecule has 0 aromatic rings.